The minimum Gasteiger partial charge on any atom is -0.374 e. The van der Waals surface area contributed by atoms with E-state index in [2.05, 4.69) is 52.5 Å². The molecule has 27 heavy (non-hydrogen) atoms. The molecular weight excluding hydrogens is 356 g/mol. The number of piperazine rings is 1. The number of nitrogens with one attached hydrogen (secondary N) is 2. The Hall–Kier alpha value is -2.05. The summed E-state index contributed by atoms with van der Waals surface area (Å²) in [5.41, 5.74) is 3.46. The summed E-state index contributed by atoms with van der Waals surface area (Å²) < 4.78 is 0. The predicted octanol–water partition coefficient (Wildman–Crippen LogP) is 3.32. The van der Waals surface area contributed by atoms with Gasteiger partial charge in [0.2, 0.25) is 5.91 Å². The standard InChI is InChI=1S/C21H30N4OS/c1-4-24-9-11-25(12-10-24)18-7-8-20(16(2)14-18)23-17(3)21(26)22-15-19-6-5-13-27-19/h5-8,13-14,17,23H,4,9-12,15H2,1-3H3,(H,22,26)/t17-/m1/s1. The molecule has 0 radical (unpaired) electrons. The van der Waals surface area contributed by atoms with E-state index in [0.29, 0.717) is 6.54 Å². The molecule has 3 rings (SSSR count). The van der Waals surface area contributed by atoms with Crippen molar-refractivity contribution in [3.63, 3.8) is 0 Å². The fraction of sp³-hybridized carbons (Fsp3) is 0.476. The van der Waals surface area contributed by atoms with Crippen LogP contribution in [0.3, 0.4) is 0 Å². The van der Waals surface area contributed by atoms with Crippen molar-refractivity contribution in [2.24, 2.45) is 0 Å². The highest BCUT2D eigenvalue weighted by Gasteiger charge is 2.17. The van der Waals surface area contributed by atoms with E-state index < -0.39 is 0 Å². The summed E-state index contributed by atoms with van der Waals surface area (Å²) in [6.07, 6.45) is 0. The molecule has 2 N–H and O–H groups in total. The first kappa shape index (κ1) is 19.7. The van der Waals surface area contributed by atoms with Crippen LogP contribution in [0, 0.1) is 6.92 Å². The third kappa shape index (κ3) is 5.23. The van der Waals surface area contributed by atoms with Gasteiger partial charge in [0.05, 0.1) is 6.54 Å². The molecule has 5 nitrogen and oxygen atoms in total. The topological polar surface area (TPSA) is 47.6 Å². The van der Waals surface area contributed by atoms with Crippen molar-refractivity contribution in [3.8, 4) is 0 Å². The predicted molar refractivity (Wildman–Crippen MR) is 115 cm³/mol. The van der Waals surface area contributed by atoms with Gasteiger partial charge in [0.25, 0.3) is 0 Å². The molecule has 1 atom stereocenters. The smallest absolute Gasteiger partial charge is 0.242 e. The Morgan fingerprint density at radius 3 is 2.63 bits per heavy atom. The first-order valence-corrected chi connectivity index (χ1v) is 10.6. The number of thiophene rings is 1. The Labute approximate surface area is 166 Å². The summed E-state index contributed by atoms with van der Waals surface area (Å²) in [5, 5.41) is 8.37. The average molecular weight is 387 g/mol. The molecule has 1 aliphatic heterocycles. The maximum atomic E-state index is 12.3. The van der Waals surface area contributed by atoms with E-state index in [1.54, 1.807) is 11.3 Å². The van der Waals surface area contributed by atoms with E-state index in [1.165, 1.54) is 16.1 Å². The second-order valence-electron chi connectivity index (χ2n) is 7.08. The monoisotopic (exact) mass is 386 g/mol. The van der Waals surface area contributed by atoms with Gasteiger partial charge in [0, 0.05) is 42.4 Å². The van der Waals surface area contributed by atoms with Crippen LogP contribution in [0.5, 0.6) is 0 Å². The molecule has 1 aliphatic rings. The zero-order valence-electron chi connectivity index (χ0n) is 16.5. The molecule has 0 saturated carbocycles. The molecule has 1 saturated heterocycles. The zero-order chi connectivity index (χ0) is 19.2. The lowest BCUT2D eigenvalue weighted by Crippen LogP contribution is -2.46. The summed E-state index contributed by atoms with van der Waals surface area (Å²) in [5.74, 6) is 0.0163. The highest BCUT2D eigenvalue weighted by molar-refractivity contribution is 7.09. The van der Waals surface area contributed by atoms with E-state index in [-0.39, 0.29) is 11.9 Å². The molecule has 0 aliphatic carbocycles. The Morgan fingerprint density at radius 1 is 1.22 bits per heavy atom. The molecule has 0 spiro atoms. The van der Waals surface area contributed by atoms with Crippen molar-refractivity contribution < 1.29 is 4.79 Å². The van der Waals surface area contributed by atoms with Crippen molar-refractivity contribution in [3.05, 3.63) is 46.2 Å². The van der Waals surface area contributed by atoms with Crippen molar-refractivity contribution in [2.75, 3.05) is 42.9 Å². The van der Waals surface area contributed by atoms with Crippen LogP contribution < -0.4 is 15.5 Å². The summed E-state index contributed by atoms with van der Waals surface area (Å²) in [4.78, 5) is 18.4. The van der Waals surface area contributed by atoms with Gasteiger partial charge in [-0.25, -0.2) is 0 Å². The van der Waals surface area contributed by atoms with Crippen LogP contribution in [0.1, 0.15) is 24.3 Å². The molecular formula is C21H30N4OS. The maximum Gasteiger partial charge on any atom is 0.242 e. The van der Waals surface area contributed by atoms with E-state index >= 15 is 0 Å². The average Bonchev–Trinajstić information content (AvgIpc) is 3.21. The number of rotatable bonds is 7. The zero-order valence-corrected chi connectivity index (χ0v) is 17.3. The second-order valence-corrected chi connectivity index (χ2v) is 8.12. The van der Waals surface area contributed by atoms with Gasteiger partial charge in [-0.1, -0.05) is 13.0 Å². The van der Waals surface area contributed by atoms with Crippen LogP contribution in [0.25, 0.3) is 0 Å². The molecule has 0 unspecified atom stereocenters. The Kier molecular flexibility index (Phi) is 6.74. The summed E-state index contributed by atoms with van der Waals surface area (Å²) in [6, 6.07) is 10.2. The molecule has 1 fully saturated rings. The van der Waals surface area contributed by atoms with E-state index in [1.807, 2.05) is 24.4 Å². The lowest BCUT2D eigenvalue weighted by atomic mass is 10.1. The van der Waals surface area contributed by atoms with Crippen LogP contribution in [0.15, 0.2) is 35.7 Å². The van der Waals surface area contributed by atoms with Gasteiger partial charge in [0.1, 0.15) is 6.04 Å². The molecule has 2 aromatic rings. The number of anilines is 2. The fourth-order valence-corrected chi connectivity index (χ4v) is 4.01. The number of amides is 1. The van der Waals surface area contributed by atoms with Crippen LogP contribution >= 0.6 is 11.3 Å². The van der Waals surface area contributed by atoms with Gasteiger partial charge in [0.15, 0.2) is 0 Å². The minimum atomic E-state index is -0.275. The number of benzene rings is 1. The van der Waals surface area contributed by atoms with Crippen LogP contribution in [0.4, 0.5) is 11.4 Å². The first-order chi connectivity index (χ1) is 13.1. The first-order valence-electron chi connectivity index (χ1n) is 9.71. The van der Waals surface area contributed by atoms with Crippen molar-refractivity contribution in [2.45, 2.75) is 33.4 Å². The van der Waals surface area contributed by atoms with Gasteiger partial charge in [-0.15, -0.1) is 11.3 Å². The Morgan fingerprint density at radius 2 is 2.00 bits per heavy atom. The molecule has 1 aromatic carbocycles. The maximum absolute atomic E-state index is 12.3. The summed E-state index contributed by atoms with van der Waals surface area (Å²) >= 11 is 1.66. The minimum absolute atomic E-state index is 0.0163. The Bertz CT molecular complexity index is 739. The molecule has 146 valence electrons. The molecule has 1 amide bonds. The number of likely N-dealkylation sites (N-methyl/N-ethyl adjacent to an activating group) is 1. The number of hydrogen-bond acceptors (Lipinski definition) is 5. The van der Waals surface area contributed by atoms with Crippen molar-refractivity contribution in [1.29, 1.82) is 0 Å². The molecule has 0 bridgehead atoms. The number of carbonyl (C=O) groups is 1. The van der Waals surface area contributed by atoms with Crippen LogP contribution in [-0.4, -0.2) is 49.6 Å². The summed E-state index contributed by atoms with van der Waals surface area (Å²) in [7, 11) is 0. The van der Waals surface area contributed by atoms with E-state index in [9.17, 15) is 4.79 Å². The van der Waals surface area contributed by atoms with Crippen LogP contribution in [0.2, 0.25) is 0 Å². The highest BCUT2D eigenvalue weighted by atomic mass is 32.1. The molecule has 6 heteroatoms. The number of hydrogen-bond donors (Lipinski definition) is 2. The van der Waals surface area contributed by atoms with Gasteiger partial charge >= 0.3 is 0 Å². The second kappa shape index (κ2) is 9.24. The fourth-order valence-electron chi connectivity index (χ4n) is 3.37. The third-order valence-corrected chi connectivity index (χ3v) is 6.05. The van der Waals surface area contributed by atoms with Gasteiger partial charge in [-0.3, -0.25) is 4.79 Å². The normalized spacial score (nSPS) is 16.2. The van der Waals surface area contributed by atoms with Crippen molar-refractivity contribution >= 4 is 28.6 Å². The lowest BCUT2D eigenvalue weighted by Gasteiger charge is -2.35. The summed E-state index contributed by atoms with van der Waals surface area (Å²) in [6.45, 7) is 12.3. The molecule has 2 heterocycles. The molecule has 1 aromatic heterocycles. The van der Waals surface area contributed by atoms with Gasteiger partial charge in [-0.2, -0.15) is 0 Å². The van der Waals surface area contributed by atoms with Crippen LogP contribution in [-0.2, 0) is 11.3 Å². The quantitative estimate of drug-likeness (QED) is 0.766. The lowest BCUT2D eigenvalue weighted by molar-refractivity contribution is -0.121. The van der Waals surface area contributed by atoms with E-state index in [4.69, 9.17) is 0 Å². The Balaban J connectivity index is 1.54. The number of carbonyl (C=O) groups excluding carboxylic acids is 1. The highest BCUT2D eigenvalue weighted by Crippen LogP contribution is 2.24. The van der Waals surface area contributed by atoms with Gasteiger partial charge < -0.3 is 20.4 Å². The largest absolute Gasteiger partial charge is 0.374 e. The van der Waals surface area contributed by atoms with E-state index in [0.717, 1.165) is 38.4 Å². The number of aryl methyl sites for hydroxylation is 1. The SMILES string of the molecule is CCN1CCN(c2ccc(N[C@H](C)C(=O)NCc3cccs3)c(C)c2)CC1. The third-order valence-electron chi connectivity index (χ3n) is 5.18. The van der Waals surface area contributed by atoms with Crippen molar-refractivity contribution in [1.82, 2.24) is 10.2 Å². The van der Waals surface area contributed by atoms with Gasteiger partial charge in [-0.05, 0) is 55.6 Å². The number of nitrogens with zero attached hydrogens (tertiary/aromatic N) is 2.